The normalized spacial score (nSPS) is 16.2. The minimum Gasteiger partial charge on any atom is -0.442 e. The topological polar surface area (TPSA) is 87.7 Å². The maximum Gasteiger partial charge on any atom is 0.414 e. The molecule has 1 aromatic heterocycles. The molecule has 0 spiro atoms. The van der Waals surface area contributed by atoms with Crippen molar-refractivity contribution in [3.05, 3.63) is 48.3 Å². The number of amides is 2. The van der Waals surface area contributed by atoms with Gasteiger partial charge in [0.2, 0.25) is 5.91 Å². The van der Waals surface area contributed by atoms with Gasteiger partial charge in [-0.2, -0.15) is 0 Å². The quantitative estimate of drug-likeness (QED) is 0.830. The molecule has 0 unspecified atom stereocenters. The number of hydrogen-bond donors (Lipinski definition) is 1. The van der Waals surface area contributed by atoms with Crippen molar-refractivity contribution in [2.45, 2.75) is 19.6 Å². The van der Waals surface area contributed by atoms with Crippen LogP contribution in [0.2, 0.25) is 0 Å². The predicted molar refractivity (Wildman–Crippen MR) is 96.8 cm³/mol. The summed E-state index contributed by atoms with van der Waals surface area (Å²) in [6, 6.07) is 4.56. The standard InChI is InChI=1S/C18H20FN5O3/c1-12(25)22-9-15-11-24(18(26)27-15)14-3-4-17(16(19)7-14)23(2)10-13-8-20-5-6-21-13/h3-8,15H,9-11H2,1-2H3,(H,22,25)/t15-/m0/s1. The van der Waals surface area contributed by atoms with E-state index in [0.29, 0.717) is 23.6 Å². The first-order valence-electron chi connectivity index (χ1n) is 8.42. The number of rotatable bonds is 6. The molecule has 0 saturated carbocycles. The van der Waals surface area contributed by atoms with Crippen LogP contribution in [0.15, 0.2) is 36.8 Å². The van der Waals surface area contributed by atoms with E-state index in [1.165, 1.54) is 17.9 Å². The lowest BCUT2D eigenvalue weighted by Crippen LogP contribution is -2.33. The molecule has 1 fully saturated rings. The van der Waals surface area contributed by atoms with Gasteiger partial charge in [0.25, 0.3) is 0 Å². The maximum absolute atomic E-state index is 14.6. The van der Waals surface area contributed by atoms with Crippen molar-refractivity contribution >= 4 is 23.4 Å². The molecule has 2 heterocycles. The van der Waals surface area contributed by atoms with Crippen LogP contribution in [0.25, 0.3) is 0 Å². The SMILES string of the molecule is CC(=O)NC[C@H]1CN(c2ccc(N(C)Cc3cnccn3)c(F)c2)C(=O)O1. The Balaban J connectivity index is 1.69. The molecule has 9 heteroatoms. The molecule has 0 aliphatic carbocycles. The molecule has 1 aliphatic rings. The molecule has 2 aromatic rings. The predicted octanol–water partition coefficient (Wildman–Crippen LogP) is 1.71. The number of anilines is 2. The number of nitrogens with zero attached hydrogens (tertiary/aromatic N) is 4. The summed E-state index contributed by atoms with van der Waals surface area (Å²) in [5.74, 6) is -0.664. The van der Waals surface area contributed by atoms with E-state index < -0.39 is 18.0 Å². The molecule has 0 bridgehead atoms. The summed E-state index contributed by atoms with van der Waals surface area (Å²) in [4.78, 5) is 34.3. The first kappa shape index (κ1) is 18.6. The van der Waals surface area contributed by atoms with E-state index in [1.54, 1.807) is 42.7 Å². The Bertz CT molecular complexity index is 833. The molecule has 1 aromatic carbocycles. The van der Waals surface area contributed by atoms with Crippen LogP contribution in [0.1, 0.15) is 12.6 Å². The van der Waals surface area contributed by atoms with Gasteiger partial charge in [0, 0.05) is 26.4 Å². The highest BCUT2D eigenvalue weighted by molar-refractivity contribution is 5.90. The van der Waals surface area contributed by atoms with Crippen LogP contribution in [-0.2, 0) is 16.1 Å². The van der Waals surface area contributed by atoms with E-state index in [4.69, 9.17) is 4.74 Å². The first-order valence-corrected chi connectivity index (χ1v) is 8.42. The van der Waals surface area contributed by atoms with E-state index in [2.05, 4.69) is 15.3 Å². The Hall–Kier alpha value is -3.23. The summed E-state index contributed by atoms with van der Waals surface area (Å²) in [5, 5.41) is 2.60. The van der Waals surface area contributed by atoms with Crippen molar-refractivity contribution in [3.8, 4) is 0 Å². The third kappa shape index (κ3) is 4.49. The van der Waals surface area contributed by atoms with Gasteiger partial charge in [0.05, 0.1) is 42.9 Å². The fourth-order valence-corrected chi connectivity index (χ4v) is 2.81. The zero-order valence-corrected chi connectivity index (χ0v) is 15.1. The monoisotopic (exact) mass is 373 g/mol. The van der Waals surface area contributed by atoms with Gasteiger partial charge in [-0.1, -0.05) is 0 Å². The number of halogens is 1. The lowest BCUT2D eigenvalue weighted by molar-refractivity contribution is -0.119. The van der Waals surface area contributed by atoms with E-state index in [-0.39, 0.29) is 19.0 Å². The Morgan fingerprint density at radius 1 is 1.44 bits per heavy atom. The van der Waals surface area contributed by atoms with Crippen LogP contribution in [0.4, 0.5) is 20.6 Å². The van der Waals surface area contributed by atoms with Crippen molar-refractivity contribution in [1.29, 1.82) is 0 Å². The summed E-state index contributed by atoms with van der Waals surface area (Å²) in [6.07, 6.45) is 3.75. The van der Waals surface area contributed by atoms with Crippen molar-refractivity contribution in [2.24, 2.45) is 0 Å². The van der Waals surface area contributed by atoms with Crippen molar-refractivity contribution in [3.63, 3.8) is 0 Å². The van der Waals surface area contributed by atoms with Gasteiger partial charge >= 0.3 is 6.09 Å². The molecule has 1 aliphatic heterocycles. The number of aromatic nitrogens is 2. The molecule has 1 saturated heterocycles. The molecular weight excluding hydrogens is 353 g/mol. The summed E-state index contributed by atoms with van der Waals surface area (Å²) in [5.41, 5.74) is 1.50. The minimum absolute atomic E-state index is 0.203. The number of carbonyl (C=O) groups excluding carboxylic acids is 2. The lowest BCUT2D eigenvalue weighted by Gasteiger charge is -2.21. The number of cyclic esters (lactones) is 1. The van der Waals surface area contributed by atoms with Crippen LogP contribution >= 0.6 is 0 Å². The van der Waals surface area contributed by atoms with Gasteiger partial charge in [-0.25, -0.2) is 9.18 Å². The number of carbonyl (C=O) groups is 2. The van der Waals surface area contributed by atoms with Gasteiger partial charge in [-0.3, -0.25) is 19.7 Å². The van der Waals surface area contributed by atoms with Crippen LogP contribution in [-0.4, -0.2) is 48.2 Å². The molecule has 3 rings (SSSR count). The van der Waals surface area contributed by atoms with Crippen LogP contribution in [0, 0.1) is 5.82 Å². The molecule has 8 nitrogen and oxygen atoms in total. The van der Waals surface area contributed by atoms with E-state index in [9.17, 15) is 14.0 Å². The van der Waals surface area contributed by atoms with E-state index in [0.717, 1.165) is 0 Å². The Morgan fingerprint density at radius 3 is 2.93 bits per heavy atom. The molecule has 2 amide bonds. The third-order valence-corrected chi connectivity index (χ3v) is 4.12. The molecule has 0 radical (unpaired) electrons. The van der Waals surface area contributed by atoms with E-state index in [1.807, 2.05) is 0 Å². The van der Waals surface area contributed by atoms with Gasteiger partial charge in [-0.15, -0.1) is 0 Å². The fraction of sp³-hybridized carbons (Fsp3) is 0.333. The van der Waals surface area contributed by atoms with Gasteiger partial charge < -0.3 is 15.0 Å². The number of benzene rings is 1. The second-order valence-corrected chi connectivity index (χ2v) is 6.24. The lowest BCUT2D eigenvalue weighted by atomic mass is 10.2. The summed E-state index contributed by atoms with van der Waals surface area (Å²) < 4.78 is 19.8. The summed E-state index contributed by atoms with van der Waals surface area (Å²) >= 11 is 0. The smallest absolute Gasteiger partial charge is 0.414 e. The minimum atomic E-state index is -0.564. The van der Waals surface area contributed by atoms with Crippen molar-refractivity contribution in [1.82, 2.24) is 15.3 Å². The van der Waals surface area contributed by atoms with Crippen LogP contribution in [0.3, 0.4) is 0 Å². The maximum atomic E-state index is 14.6. The summed E-state index contributed by atoms with van der Waals surface area (Å²) in [6.45, 7) is 2.25. The molecular formula is C18H20FN5O3. The van der Waals surface area contributed by atoms with Crippen LogP contribution < -0.4 is 15.1 Å². The summed E-state index contributed by atoms with van der Waals surface area (Å²) in [7, 11) is 1.75. The van der Waals surface area contributed by atoms with Crippen molar-refractivity contribution in [2.75, 3.05) is 29.9 Å². The average molecular weight is 373 g/mol. The molecule has 142 valence electrons. The molecule has 27 heavy (non-hydrogen) atoms. The van der Waals surface area contributed by atoms with Gasteiger partial charge in [0.1, 0.15) is 11.9 Å². The fourth-order valence-electron chi connectivity index (χ4n) is 2.81. The number of ether oxygens (including phenoxy) is 1. The highest BCUT2D eigenvalue weighted by Gasteiger charge is 2.32. The Labute approximate surface area is 156 Å². The van der Waals surface area contributed by atoms with Gasteiger partial charge in [0.15, 0.2) is 0 Å². The molecule has 1 atom stereocenters. The zero-order chi connectivity index (χ0) is 19.4. The van der Waals surface area contributed by atoms with Crippen LogP contribution in [0.5, 0.6) is 0 Å². The first-order chi connectivity index (χ1) is 12.9. The number of nitrogens with one attached hydrogen (secondary N) is 1. The highest BCUT2D eigenvalue weighted by atomic mass is 19.1. The Kier molecular flexibility index (Phi) is 5.49. The van der Waals surface area contributed by atoms with Gasteiger partial charge in [-0.05, 0) is 18.2 Å². The average Bonchev–Trinajstić information content (AvgIpc) is 3.01. The Morgan fingerprint density at radius 2 is 2.26 bits per heavy atom. The van der Waals surface area contributed by atoms with Crippen molar-refractivity contribution < 1.29 is 18.7 Å². The second-order valence-electron chi connectivity index (χ2n) is 6.24. The zero-order valence-electron chi connectivity index (χ0n) is 15.1. The second kappa shape index (κ2) is 7.98. The largest absolute Gasteiger partial charge is 0.442 e. The van der Waals surface area contributed by atoms with E-state index >= 15 is 0 Å². The molecule has 1 N–H and O–H groups in total. The number of hydrogen-bond acceptors (Lipinski definition) is 6. The third-order valence-electron chi connectivity index (χ3n) is 4.12. The highest BCUT2D eigenvalue weighted by Crippen LogP contribution is 2.28.